The molecule has 2 nitrogen and oxygen atoms in total. The van der Waals surface area contributed by atoms with Gasteiger partial charge in [0.15, 0.2) is 0 Å². The van der Waals surface area contributed by atoms with Crippen molar-refractivity contribution in [1.82, 2.24) is 0 Å². The zero-order valence-corrected chi connectivity index (χ0v) is 32.1. The Balaban J connectivity index is 0.999. The molecule has 9 aromatic rings. The van der Waals surface area contributed by atoms with Gasteiger partial charge in [0.25, 0.3) is 0 Å². The molecule has 0 aromatic heterocycles. The third-order valence-electron chi connectivity index (χ3n) is 11.8. The molecule has 9 aromatic carbocycles. The predicted octanol–water partition coefficient (Wildman–Crippen LogP) is 15.1. The minimum atomic E-state index is 0.908. The van der Waals surface area contributed by atoms with Crippen molar-refractivity contribution >= 4 is 34.1 Å². The molecular weight excluding hydrogens is 701 g/mol. The van der Waals surface area contributed by atoms with Crippen LogP contribution in [-0.2, 0) is 12.8 Å². The van der Waals surface area contributed by atoms with E-state index in [4.69, 9.17) is 0 Å². The zero-order chi connectivity index (χ0) is 38.4. The fourth-order valence-electron chi connectivity index (χ4n) is 9.08. The summed E-state index contributed by atoms with van der Waals surface area (Å²) in [5, 5.41) is 0. The Hall–Kier alpha value is -7.42. The maximum absolute atomic E-state index is 2.42. The van der Waals surface area contributed by atoms with Crippen LogP contribution in [0.2, 0.25) is 0 Å². The molecule has 0 amide bonds. The smallest absolute Gasteiger partial charge is 0.0473 e. The highest BCUT2D eigenvalue weighted by Crippen LogP contribution is 2.46. The predicted molar refractivity (Wildman–Crippen MR) is 243 cm³/mol. The molecule has 0 atom stereocenters. The van der Waals surface area contributed by atoms with Crippen LogP contribution < -0.4 is 9.80 Å². The molecule has 2 aliphatic rings. The lowest BCUT2D eigenvalue weighted by molar-refractivity contribution is 1.23. The Labute approximate surface area is 340 Å². The van der Waals surface area contributed by atoms with Crippen LogP contribution in [0.15, 0.2) is 218 Å². The fraction of sp³-hybridized carbons (Fsp3) is 0.0357. The first kappa shape index (κ1) is 33.9. The van der Waals surface area contributed by atoms with E-state index < -0.39 is 0 Å². The monoisotopic (exact) mass is 740 g/mol. The minimum absolute atomic E-state index is 0.908. The zero-order valence-electron chi connectivity index (χ0n) is 32.1. The van der Waals surface area contributed by atoms with Crippen LogP contribution in [0.4, 0.5) is 34.1 Å². The Morgan fingerprint density at radius 1 is 0.224 bits per heavy atom. The molecule has 11 rings (SSSR count). The fourth-order valence-corrected chi connectivity index (χ4v) is 9.08. The van der Waals surface area contributed by atoms with E-state index in [2.05, 4.69) is 228 Å². The average molecular weight is 741 g/mol. The summed E-state index contributed by atoms with van der Waals surface area (Å²) in [7, 11) is 0. The van der Waals surface area contributed by atoms with Gasteiger partial charge in [0, 0.05) is 34.1 Å². The molecule has 0 spiro atoms. The van der Waals surface area contributed by atoms with Crippen molar-refractivity contribution in [3.63, 3.8) is 0 Å². The van der Waals surface area contributed by atoms with Crippen LogP contribution >= 0.6 is 0 Å². The first-order valence-corrected chi connectivity index (χ1v) is 20.2. The number of anilines is 6. The van der Waals surface area contributed by atoms with Gasteiger partial charge in [0.05, 0.1) is 0 Å². The van der Waals surface area contributed by atoms with Crippen molar-refractivity contribution in [3.8, 4) is 44.5 Å². The van der Waals surface area contributed by atoms with Crippen molar-refractivity contribution in [2.24, 2.45) is 0 Å². The number of rotatable bonds is 8. The summed E-state index contributed by atoms with van der Waals surface area (Å²) in [5.41, 5.74) is 22.5. The molecule has 0 radical (unpaired) electrons. The van der Waals surface area contributed by atoms with E-state index in [0.717, 1.165) is 41.3 Å². The Morgan fingerprint density at radius 2 is 0.672 bits per heavy atom. The largest absolute Gasteiger partial charge is 0.310 e. The maximum Gasteiger partial charge on any atom is 0.0473 e. The van der Waals surface area contributed by atoms with Gasteiger partial charge in [-0.3, -0.25) is 0 Å². The summed E-state index contributed by atoms with van der Waals surface area (Å²) >= 11 is 0. The van der Waals surface area contributed by atoms with E-state index in [9.17, 15) is 0 Å². The molecule has 0 saturated carbocycles. The molecular formula is C56H40N2. The van der Waals surface area contributed by atoms with Crippen molar-refractivity contribution in [2.75, 3.05) is 9.80 Å². The van der Waals surface area contributed by atoms with Crippen LogP contribution in [0, 0.1) is 0 Å². The van der Waals surface area contributed by atoms with Gasteiger partial charge in [-0.1, -0.05) is 140 Å². The summed E-state index contributed by atoms with van der Waals surface area (Å²) in [6.45, 7) is 0. The number of hydrogen-bond donors (Lipinski definition) is 0. The van der Waals surface area contributed by atoms with Gasteiger partial charge in [-0.05, 0) is 158 Å². The van der Waals surface area contributed by atoms with Gasteiger partial charge in [-0.25, -0.2) is 0 Å². The second-order valence-electron chi connectivity index (χ2n) is 15.4. The van der Waals surface area contributed by atoms with E-state index in [-0.39, 0.29) is 0 Å². The van der Waals surface area contributed by atoms with E-state index in [1.807, 2.05) is 0 Å². The number of fused-ring (bicyclic) bond motifs is 6. The normalized spacial score (nSPS) is 12.0. The number of para-hydroxylation sites is 3. The molecule has 0 unspecified atom stereocenters. The highest BCUT2D eigenvalue weighted by molar-refractivity contribution is 5.90. The van der Waals surface area contributed by atoms with E-state index in [1.54, 1.807) is 0 Å². The second kappa shape index (κ2) is 14.3. The van der Waals surface area contributed by atoms with Gasteiger partial charge in [-0.2, -0.15) is 0 Å². The minimum Gasteiger partial charge on any atom is -0.310 e. The summed E-state index contributed by atoms with van der Waals surface area (Å²) in [5.74, 6) is 0. The topological polar surface area (TPSA) is 6.48 Å². The van der Waals surface area contributed by atoms with Gasteiger partial charge in [0.2, 0.25) is 0 Å². The van der Waals surface area contributed by atoms with Crippen LogP contribution in [0.1, 0.15) is 22.3 Å². The molecule has 2 aliphatic carbocycles. The molecule has 0 saturated heterocycles. The van der Waals surface area contributed by atoms with Crippen LogP contribution in [0.3, 0.4) is 0 Å². The van der Waals surface area contributed by atoms with Gasteiger partial charge >= 0.3 is 0 Å². The number of nitrogens with zero attached hydrogens (tertiary/aromatic N) is 2. The summed E-state index contributed by atoms with van der Waals surface area (Å²) in [4.78, 5) is 4.77. The van der Waals surface area contributed by atoms with Gasteiger partial charge in [-0.15, -0.1) is 0 Å². The Morgan fingerprint density at radius 3 is 1.26 bits per heavy atom. The van der Waals surface area contributed by atoms with E-state index in [0.29, 0.717) is 0 Å². The van der Waals surface area contributed by atoms with Crippen molar-refractivity contribution < 1.29 is 0 Å². The quantitative estimate of drug-likeness (QED) is 0.153. The number of hydrogen-bond acceptors (Lipinski definition) is 2. The number of benzene rings is 9. The maximum atomic E-state index is 2.42. The highest BCUT2D eigenvalue weighted by Gasteiger charge is 2.24. The lowest BCUT2D eigenvalue weighted by atomic mass is 9.95. The summed E-state index contributed by atoms with van der Waals surface area (Å²) in [6.07, 6.45) is 1.90. The lowest BCUT2D eigenvalue weighted by Crippen LogP contribution is -2.10. The van der Waals surface area contributed by atoms with Gasteiger partial charge < -0.3 is 9.80 Å². The van der Waals surface area contributed by atoms with Crippen molar-refractivity contribution in [2.45, 2.75) is 12.8 Å². The molecule has 0 aliphatic heterocycles. The van der Waals surface area contributed by atoms with Crippen LogP contribution in [0.25, 0.3) is 44.5 Å². The van der Waals surface area contributed by atoms with Gasteiger partial charge in [0.1, 0.15) is 0 Å². The second-order valence-corrected chi connectivity index (χ2v) is 15.4. The molecule has 0 heterocycles. The lowest BCUT2D eigenvalue weighted by Gasteiger charge is -2.27. The van der Waals surface area contributed by atoms with Crippen molar-refractivity contribution in [1.29, 1.82) is 0 Å². The molecule has 274 valence electrons. The Bertz CT molecular complexity index is 2900. The standard InChI is InChI=1S/C56H40N2/c1-5-15-39(16-6-1)44-34-45(36-52(35-44)57(47-18-7-2-8-19-47)48-20-9-3-10-21-48)40-27-30-54-46(31-40)33-43-26-29-51(38-56(43)54)58(49-22-11-4-12-23-49)50-28-25-42-32-41-17-13-14-24-53(41)55(42)37-50/h1-31,34-38H,32-33H2. The Kier molecular flexibility index (Phi) is 8.33. The van der Waals surface area contributed by atoms with Crippen LogP contribution in [-0.4, -0.2) is 0 Å². The SMILES string of the molecule is c1ccc(-c2cc(-c3ccc4c(c3)Cc3ccc(N(c5ccccc5)c5ccc6c(c5)-c5ccccc5C6)cc3-4)cc(N(c3ccccc3)c3ccccc3)c2)cc1. The van der Waals surface area contributed by atoms with Crippen molar-refractivity contribution in [3.05, 3.63) is 241 Å². The van der Waals surface area contributed by atoms with E-state index in [1.165, 1.54) is 72.4 Å². The average Bonchev–Trinajstić information content (AvgIpc) is 3.85. The third kappa shape index (κ3) is 6.07. The first-order valence-electron chi connectivity index (χ1n) is 20.2. The molecule has 58 heavy (non-hydrogen) atoms. The summed E-state index contributed by atoms with van der Waals surface area (Å²) in [6, 6.07) is 79.8. The highest BCUT2D eigenvalue weighted by atomic mass is 15.1. The molecule has 0 bridgehead atoms. The molecule has 2 heteroatoms. The summed E-state index contributed by atoms with van der Waals surface area (Å²) < 4.78 is 0. The van der Waals surface area contributed by atoms with Crippen LogP contribution in [0.5, 0.6) is 0 Å². The molecule has 0 fully saturated rings. The van der Waals surface area contributed by atoms with E-state index >= 15 is 0 Å². The first-order chi connectivity index (χ1) is 28.7. The molecule has 0 N–H and O–H groups in total. The third-order valence-corrected chi connectivity index (χ3v) is 11.8.